The number of nitrogens with two attached hydrogens (primary N) is 1. The van der Waals surface area contributed by atoms with Crippen molar-refractivity contribution in [3.8, 4) is 0 Å². The van der Waals surface area contributed by atoms with Crippen molar-refractivity contribution in [2.45, 2.75) is 32.6 Å². The van der Waals surface area contributed by atoms with Crippen molar-refractivity contribution in [2.75, 3.05) is 19.0 Å². The highest BCUT2D eigenvalue weighted by atomic mass is 32.2. The molecule has 5 heteroatoms. The molecule has 0 aromatic carbocycles. The van der Waals surface area contributed by atoms with Gasteiger partial charge in [-0.3, -0.25) is 0 Å². The Morgan fingerprint density at radius 2 is 1.77 bits per heavy atom. The van der Waals surface area contributed by atoms with Gasteiger partial charge in [0.2, 0.25) is 10.0 Å². The molecule has 2 N–H and O–H groups in total. The van der Waals surface area contributed by atoms with Crippen LogP contribution in [0.1, 0.15) is 32.6 Å². The molecule has 0 aliphatic carbocycles. The lowest BCUT2D eigenvalue weighted by Crippen LogP contribution is -2.16. The molecule has 0 aromatic rings. The van der Waals surface area contributed by atoms with Gasteiger partial charge in [-0.25, -0.2) is 13.6 Å². The van der Waals surface area contributed by atoms with E-state index in [4.69, 9.17) is 9.88 Å². The van der Waals surface area contributed by atoms with Crippen molar-refractivity contribution >= 4 is 10.0 Å². The molecule has 0 fully saturated rings. The summed E-state index contributed by atoms with van der Waals surface area (Å²) in [6.45, 7) is 3.48. The molecule has 0 radical (unpaired) electrons. The molecule has 4 nitrogen and oxygen atoms in total. The highest BCUT2D eigenvalue weighted by Crippen LogP contribution is 2.01. The first kappa shape index (κ1) is 12.9. The Labute approximate surface area is 80.5 Å². The Morgan fingerprint density at radius 3 is 2.31 bits per heavy atom. The van der Waals surface area contributed by atoms with Gasteiger partial charge in [-0.05, 0) is 19.8 Å². The van der Waals surface area contributed by atoms with Crippen LogP contribution in [0.3, 0.4) is 0 Å². The van der Waals surface area contributed by atoms with Gasteiger partial charge in [0.1, 0.15) is 0 Å². The fourth-order valence-corrected chi connectivity index (χ4v) is 1.61. The van der Waals surface area contributed by atoms with Crippen LogP contribution in [0.4, 0.5) is 0 Å². The molecule has 0 rings (SSSR count). The molecule has 13 heavy (non-hydrogen) atoms. The second-order valence-electron chi connectivity index (χ2n) is 2.98. The Bertz CT molecular complexity index is 201. The lowest BCUT2D eigenvalue weighted by molar-refractivity contribution is 0.143. The number of sulfonamides is 1. The third kappa shape index (κ3) is 11.9. The summed E-state index contributed by atoms with van der Waals surface area (Å²) in [5.41, 5.74) is 0. The van der Waals surface area contributed by atoms with Crippen molar-refractivity contribution in [2.24, 2.45) is 5.14 Å². The highest BCUT2D eigenvalue weighted by Gasteiger charge is 2.00. The van der Waals surface area contributed by atoms with Gasteiger partial charge in [-0.1, -0.05) is 12.8 Å². The van der Waals surface area contributed by atoms with Crippen molar-refractivity contribution < 1.29 is 13.2 Å². The van der Waals surface area contributed by atoms with E-state index in [0.29, 0.717) is 6.42 Å². The van der Waals surface area contributed by atoms with E-state index < -0.39 is 10.0 Å². The minimum Gasteiger partial charge on any atom is -0.382 e. The Balaban J connectivity index is 3.09. The van der Waals surface area contributed by atoms with Crippen molar-refractivity contribution in [1.82, 2.24) is 0 Å². The topological polar surface area (TPSA) is 69.4 Å². The molecular formula is C8H19NO3S. The van der Waals surface area contributed by atoms with Crippen LogP contribution in [-0.4, -0.2) is 27.4 Å². The van der Waals surface area contributed by atoms with E-state index in [-0.39, 0.29) is 5.75 Å². The van der Waals surface area contributed by atoms with Gasteiger partial charge in [-0.2, -0.15) is 0 Å². The third-order valence-corrected chi connectivity index (χ3v) is 2.53. The molecule has 0 unspecified atom stereocenters. The molecule has 0 heterocycles. The molecule has 0 saturated carbocycles. The Hall–Kier alpha value is -0.130. The summed E-state index contributed by atoms with van der Waals surface area (Å²) in [6.07, 6.45) is 3.57. The van der Waals surface area contributed by atoms with Crippen LogP contribution in [0, 0.1) is 0 Å². The summed E-state index contributed by atoms with van der Waals surface area (Å²) >= 11 is 0. The van der Waals surface area contributed by atoms with Crippen LogP contribution in [0.15, 0.2) is 0 Å². The predicted molar refractivity (Wildman–Crippen MR) is 52.9 cm³/mol. The summed E-state index contributed by atoms with van der Waals surface area (Å²) in [5.74, 6) is 0.0988. The Kier molecular flexibility index (Phi) is 7.22. The summed E-state index contributed by atoms with van der Waals surface area (Å²) < 4.78 is 26.2. The molecule has 0 aliphatic rings. The van der Waals surface area contributed by atoms with Crippen molar-refractivity contribution in [3.05, 3.63) is 0 Å². The first-order valence-corrected chi connectivity index (χ1v) is 6.36. The van der Waals surface area contributed by atoms with Crippen LogP contribution < -0.4 is 5.14 Å². The summed E-state index contributed by atoms with van der Waals surface area (Å²) in [6, 6.07) is 0. The number of hydrogen-bond acceptors (Lipinski definition) is 3. The first-order chi connectivity index (χ1) is 6.06. The standard InChI is InChI=1S/C8H19NO3S/c1-2-12-7-5-3-4-6-8-13(9,10)11/h2-8H2,1H3,(H2,9,10,11). The van der Waals surface area contributed by atoms with E-state index in [1.54, 1.807) is 0 Å². The SMILES string of the molecule is CCOCCCCCCS(N)(=O)=O. The predicted octanol–water partition coefficient (Wildman–Crippen LogP) is 0.872. The van der Waals surface area contributed by atoms with E-state index in [9.17, 15) is 8.42 Å². The zero-order valence-electron chi connectivity index (χ0n) is 8.16. The number of rotatable bonds is 8. The first-order valence-electron chi connectivity index (χ1n) is 4.64. The van der Waals surface area contributed by atoms with Gasteiger partial charge in [0.15, 0.2) is 0 Å². The van der Waals surface area contributed by atoms with Crippen molar-refractivity contribution in [3.63, 3.8) is 0 Å². The van der Waals surface area contributed by atoms with Crippen LogP contribution >= 0.6 is 0 Å². The average Bonchev–Trinajstić information content (AvgIpc) is 2.01. The van der Waals surface area contributed by atoms with E-state index in [1.807, 2.05) is 6.92 Å². The molecule has 0 amide bonds. The quantitative estimate of drug-likeness (QED) is 0.603. The normalized spacial score (nSPS) is 11.8. The van der Waals surface area contributed by atoms with Gasteiger partial charge in [-0.15, -0.1) is 0 Å². The van der Waals surface area contributed by atoms with Gasteiger partial charge in [0.25, 0.3) is 0 Å². The monoisotopic (exact) mass is 209 g/mol. The largest absolute Gasteiger partial charge is 0.382 e. The fourth-order valence-electron chi connectivity index (χ4n) is 1.01. The van der Waals surface area contributed by atoms with E-state index >= 15 is 0 Å². The molecule has 0 bridgehead atoms. The zero-order chi connectivity index (χ0) is 10.2. The zero-order valence-corrected chi connectivity index (χ0v) is 8.98. The molecule has 0 aliphatic heterocycles. The van der Waals surface area contributed by atoms with Gasteiger partial charge in [0.05, 0.1) is 5.75 Å². The molecule has 0 spiro atoms. The van der Waals surface area contributed by atoms with E-state index in [0.717, 1.165) is 32.5 Å². The summed E-state index contributed by atoms with van der Waals surface area (Å²) in [7, 11) is -3.25. The smallest absolute Gasteiger partial charge is 0.209 e. The minimum atomic E-state index is -3.25. The molecule has 0 aromatic heterocycles. The second kappa shape index (κ2) is 7.29. The van der Waals surface area contributed by atoms with Crippen LogP contribution in [0.5, 0.6) is 0 Å². The van der Waals surface area contributed by atoms with Crippen LogP contribution in [-0.2, 0) is 14.8 Å². The van der Waals surface area contributed by atoms with Crippen molar-refractivity contribution in [1.29, 1.82) is 0 Å². The van der Waals surface area contributed by atoms with Gasteiger partial charge in [0, 0.05) is 13.2 Å². The van der Waals surface area contributed by atoms with Crippen LogP contribution in [0.25, 0.3) is 0 Å². The van der Waals surface area contributed by atoms with E-state index in [1.165, 1.54) is 0 Å². The summed E-state index contributed by atoms with van der Waals surface area (Å²) in [4.78, 5) is 0. The second-order valence-corrected chi connectivity index (χ2v) is 4.71. The number of unbranched alkanes of at least 4 members (excludes halogenated alkanes) is 3. The van der Waals surface area contributed by atoms with E-state index in [2.05, 4.69) is 0 Å². The number of primary sulfonamides is 1. The van der Waals surface area contributed by atoms with Crippen LogP contribution in [0.2, 0.25) is 0 Å². The molecule has 0 saturated heterocycles. The van der Waals surface area contributed by atoms with Gasteiger partial charge < -0.3 is 4.74 Å². The highest BCUT2D eigenvalue weighted by molar-refractivity contribution is 7.89. The maximum atomic E-state index is 10.5. The number of hydrogen-bond donors (Lipinski definition) is 1. The number of ether oxygens (including phenoxy) is 1. The maximum Gasteiger partial charge on any atom is 0.209 e. The third-order valence-electron chi connectivity index (χ3n) is 1.67. The Morgan fingerprint density at radius 1 is 1.15 bits per heavy atom. The molecule has 80 valence electrons. The minimum absolute atomic E-state index is 0.0988. The molecule has 0 atom stereocenters. The maximum absolute atomic E-state index is 10.5. The van der Waals surface area contributed by atoms with Gasteiger partial charge >= 0.3 is 0 Å². The lowest BCUT2D eigenvalue weighted by Gasteiger charge is -2.00. The summed E-state index contributed by atoms with van der Waals surface area (Å²) in [5, 5.41) is 4.85. The lowest BCUT2D eigenvalue weighted by atomic mass is 10.2. The average molecular weight is 209 g/mol. The molecular weight excluding hydrogens is 190 g/mol. The fraction of sp³-hybridized carbons (Fsp3) is 1.00.